The third-order valence-electron chi connectivity index (χ3n) is 1.60. The second-order valence-corrected chi connectivity index (χ2v) is 3.40. The summed E-state index contributed by atoms with van der Waals surface area (Å²) < 4.78 is 2.73. The van der Waals surface area contributed by atoms with Gasteiger partial charge in [-0.3, -0.25) is 5.10 Å². The van der Waals surface area contributed by atoms with E-state index < -0.39 is 0 Å². The van der Waals surface area contributed by atoms with Crippen LogP contribution in [-0.2, 0) is 0 Å². The highest BCUT2D eigenvalue weighted by Gasteiger charge is 2.03. The SMILES string of the molecule is Cc1[nH]ncc1-n1cc(Br)cn1. The largest absolute Gasteiger partial charge is 0.281 e. The predicted octanol–water partition coefficient (Wildman–Crippen LogP) is 1.67. The fourth-order valence-corrected chi connectivity index (χ4v) is 1.29. The Kier molecular flexibility index (Phi) is 1.73. The van der Waals surface area contributed by atoms with E-state index in [9.17, 15) is 0 Å². The standard InChI is InChI=1S/C7H7BrN4/c1-5-7(3-9-11-5)12-4-6(8)2-10-12/h2-4H,1H3,(H,9,11). The second-order valence-electron chi connectivity index (χ2n) is 2.48. The molecule has 0 aliphatic rings. The molecule has 0 aromatic carbocycles. The van der Waals surface area contributed by atoms with E-state index in [4.69, 9.17) is 0 Å². The van der Waals surface area contributed by atoms with Gasteiger partial charge in [0.25, 0.3) is 0 Å². The van der Waals surface area contributed by atoms with E-state index in [1.165, 1.54) is 0 Å². The molecule has 62 valence electrons. The zero-order valence-corrected chi connectivity index (χ0v) is 8.04. The van der Waals surface area contributed by atoms with Gasteiger partial charge >= 0.3 is 0 Å². The number of nitrogens with zero attached hydrogens (tertiary/aromatic N) is 3. The number of H-pyrrole nitrogens is 1. The van der Waals surface area contributed by atoms with Crippen LogP contribution in [0.15, 0.2) is 23.1 Å². The number of hydrogen-bond acceptors (Lipinski definition) is 2. The minimum atomic E-state index is 0.961. The third-order valence-corrected chi connectivity index (χ3v) is 2.01. The highest BCUT2D eigenvalue weighted by molar-refractivity contribution is 9.10. The Bertz CT molecular complexity index is 390. The molecule has 2 heterocycles. The molecule has 0 bridgehead atoms. The van der Waals surface area contributed by atoms with Crippen LogP contribution in [0.5, 0.6) is 0 Å². The predicted molar refractivity (Wildman–Crippen MR) is 48.1 cm³/mol. The smallest absolute Gasteiger partial charge is 0.105 e. The molecule has 0 atom stereocenters. The van der Waals surface area contributed by atoms with Crippen LogP contribution in [-0.4, -0.2) is 20.0 Å². The van der Waals surface area contributed by atoms with Crippen molar-refractivity contribution >= 4 is 15.9 Å². The average molecular weight is 227 g/mol. The minimum Gasteiger partial charge on any atom is -0.281 e. The summed E-state index contributed by atoms with van der Waals surface area (Å²) in [5.74, 6) is 0. The molecule has 0 radical (unpaired) electrons. The molecule has 0 aliphatic carbocycles. The highest BCUT2D eigenvalue weighted by atomic mass is 79.9. The lowest BCUT2D eigenvalue weighted by atomic mass is 10.4. The van der Waals surface area contributed by atoms with Gasteiger partial charge in [-0.2, -0.15) is 10.2 Å². The zero-order chi connectivity index (χ0) is 8.55. The molecule has 0 amide bonds. The van der Waals surface area contributed by atoms with Crippen molar-refractivity contribution in [1.82, 2.24) is 20.0 Å². The average Bonchev–Trinajstić information content (AvgIpc) is 2.58. The topological polar surface area (TPSA) is 46.5 Å². The lowest BCUT2D eigenvalue weighted by Crippen LogP contribution is -1.93. The molecule has 2 rings (SSSR count). The van der Waals surface area contributed by atoms with Crippen LogP contribution in [0.25, 0.3) is 5.69 Å². The third kappa shape index (κ3) is 1.16. The Morgan fingerprint density at radius 2 is 2.33 bits per heavy atom. The molecule has 2 aromatic rings. The van der Waals surface area contributed by atoms with Crippen molar-refractivity contribution in [1.29, 1.82) is 0 Å². The van der Waals surface area contributed by atoms with Gasteiger partial charge in [0.15, 0.2) is 0 Å². The molecule has 0 spiro atoms. The molecular formula is C7H7BrN4. The molecule has 2 aromatic heterocycles. The van der Waals surface area contributed by atoms with Gasteiger partial charge in [0.2, 0.25) is 0 Å². The van der Waals surface area contributed by atoms with Gasteiger partial charge in [0.1, 0.15) is 5.69 Å². The van der Waals surface area contributed by atoms with Crippen LogP contribution in [0.1, 0.15) is 5.69 Å². The van der Waals surface area contributed by atoms with E-state index in [1.54, 1.807) is 17.1 Å². The van der Waals surface area contributed by atoms with E-state index in [0.29, 0.717) is 0 Å². The van der Waals surface area contributed by atoms with E-state index in [2.05, 4.69) is 31.2 Å². The van der Waals surface area contributed by atoms with Crippen LogP contribution >= 0.6 is 15.9 Å². The molecule has 12 heavy (non-hydrogen) atoms. The number of aryl methyl sites for hydroxylation is 1. The second kappa shape index (κ2) is 2.75. The maximum absolute atomic E-state index is 4.13. The Labute approximate surface area is 77.7 Å². The summed E-state index contributed by atoms with van der Waals surface area (Å²) in [6, 6.07) is 0. The van der Waals surface area contributed by atoms with Gasteiger partial charge in [-0.05, 0) is 22.9 Å². The van der Waals surface area contributed by atoms with Crippen LogP contribution in [0.3, 0.4) is 0 Å². The van der Waals surface area contributed by atoms with E-state index in [-0.39, 0.29) is 0 Å². The number of rotatable bonds is 1. The number of aromatic amines is 1. The summed E-state index contributed by atoms with van der Waals surface area (Å²) >= 11 is 3.33. The maximum Gasteiger partial charge on any atom is 0.105 e. The van der Waals surface area contributed by atoms with Crippen molar-refractivity contribution < 1.29 is 0 Å². The van der Waals surface area contributed by atoms with Crippen LogP contribution in [0, 0.1) is 6.92 Å². The lowest BCUT2D eigenvalue weighted by Gasteiger charge is -1.95. The van der Waals surface area contributed by atoms with E-state index >= 15 is 0 Å². The number of halogens is 1. The number of aromatic nitrogens is 4. The summed E-state index contributed by atoms with van der Waals surface area (Å²) in [6.07, 6.45) is 5.37. The molecule has 4 nitrogen and oxygen atoms in total. The van der Waals surface area contributed by atoms with E-state index in [1.807, 2.05) is 13.1 Å². The first-order chi connectivity index (χ1) is 5.77. The Morgan fingerprint density at radius 1 is 1.50 bits per heavy atom. The summed E-state index contributed by atoms with van der Waals surface area (Å²) in [7, 11) is 0. The first kappa shape index (κ1) is 7.54. The molecule has 0 unspecified atom stereocenters. The van der Waals surface area contributed by atoms with Gasteiger partial charge in [0.05, 0.1) is 22.6 Å². The van der Waals surface area contributed by atoms with Crippen molar-refractivity contribution in [3.63, 3.8) is 0 Å². The maximum atomic E-state index is 4.13. The molecule has 1 N–H and O–H groups in total. The zero-order valence-electron chi connectivity index (χ0n) is 6.45. The fraction of sp³-hybridized carbons (Fsp3) is 0.143. The Hall–Kier alpha value is -1.10. The lowest BCUT2D eigenvalue weighted by molar-refractivity contribution is 0.873. The summed E-state index contributed by atoms with van der Waals surface area (Å²) in [6.45, 7) is 1.96. The summed E-state index contributed by atoms with van der Waals surface area (Å²) in [5, 5.41) is 10.9. The van der Waals surface area contributed by atoms with Crippen molar-refractivity contribution in [2.45, 2.75) is 6.92 Å². The summed E-state index contributed by atoms with van der Waals surface area (Å²) in [5.41, 5.74) is 1.98. The van der Waals surface area contributed by atoms with Gasteiger partial charge in [-0.25, -0.2) is 4.68 Å². The molecule has 0 aliphatic heterocycles. The first-order valence-corrected chi connectivity index (χ1v) is 4.27. The van der Waals surface area contributed by atoms with Crippen LogP contribution in [0.4, 0.5) is 0 Å². The van der Waals surface area contributed by atoms with Gasteiger partial charge in [-0.15, -0.1) is 0 Å². The molecule has 0 saturated carbocycles. The van der Waals surface area contributed by atoms with Crippen LogP contribution < -0.4 is 0 Å². The Balaban J connectivity index is 2.50. The van der Waals surface area contributed by atoms with Gasteiger partial charge in [0, 0.05) is 6.20 Å². The molecule has 0 fully saturated rings. The monoisotopic (exact) mass is 226 g/mol. The van der Waals surface area contributed by atoms with E-state index in [0.717, 1.165) is 15.9 Å². The Morgan fingerprint density at radius 3 is 2.83 bits per heavy atom. The minimum absolute atomic E-state index is 0.961. The van der Waals surface area contributed by atoms with Gasteiger partial charge in [-0.1, -0.05) is 0 Å². The number of hydrogen-bond donors (Lipinski definition) is 1. The number of nitrogens with one attached hydrogen (secondary N) is 1. The van der Waals surface area contributed by atoms with Crippen LogP contribution in [0.2, 0.25) is 0 Å². The molecule has 0 saturated heterocycles. The van der Waals surface area contributed by atoms with Gasteiger partial charge < -0.3 is 0 Å². The quantitative estimate of drug-likeness (QED) is 0.805. The molecule has 5 heteroatoms. The van der Waals surface area contributed by atoms with Crippen molar-refractivity contribution in [3.05, 3.63) is 28.8 Å². The first-order valence-electron chi connectivity index (χ1n) is 3.48. The normalized spacial score (nSPS) is 10.5. The van der Waals surface area contributed by atoms with Crippen molar-refractivity contribution in [3.8, 4) is 5.69 Å². The van der Waals surface area contributed by atoms with Crippen molar-refractivity contribution in [2.75, 3.05) is 0 Å². The fourth-order valence-electron chi connectivity index (χ4n) is 1.01. The summed E-state index contributed by atoms with van der Waals surface area (Å²) in [4.78, 5) is 0. The highest BCUT2D eigenvalue weighted by Crippen LogP contribution is 2.13. The molecular weight excluding hydrogens is 220 g/mol. The van der Waals surface area contributed by atoms with Crippen molar-refractivity contribution in [2.24, 2.45) is 0 Å².